The molecule has 0 saturated carbocycles. The molecule has 1 aliphatic rings. The summed E-state index contributed by atoms with van der Waals surface area (Å²) in [4.78, 5) is 147. The first kappa shape index (κ1) is 61.3. The molecule has 0 bridgehead atoms. The number of likely N-dealkylation sites (tertiary alicyclic amines) is 1. The molecule has 396 valence electrons. The van der Waals surface area contributed by atoms with Gasteiger partial charge in [0.2, 0.25) is 59.1 Å². The zero-order valence-electron chi connectivity index (χ0n) is 40.0. The quantitative estimate of drug-likeness (QED) is 0.0174. The second kappa shape index (κ2) is 30.7. The Morgan fingerprint density at radius 3 is 1.73 bits per heavy atom. The smallest absolute Gasteiger partial charge is 0.326 e. The molecule has 0 aromatic carbocycles. The number of nitrogens with zero attached hydrogens (tertiary/aromatic N) is 2. The summed E-state index contributed by atoms with van der Waals surface area (Å²) in [7, 11) is 0. The molecule has 1 rings (SSSR count). The van der Waals surface area contributed by atoms with Gasteiger partial charge >= 0.3 is 5.97 Å². The van der Waals surface area contributed by atoms with Crippen LogP contribution in [0.5, 0.6) is 0 Å². The van der Waals surface area contributed by atoms with Crippen LogP contribution in [0.25, 0.3) is 0 Å². The van der Waals surface area contributed by atoms with Crippen molar-refractivity contribution < 1.29 is 73.2 Å². The van der Waals surface area contributed by atoms with Crippen molar-refractivity contribution in [2.45, 2.75) is 134 Å². The van der Waals surface area contributed by atoms with Crippen molar-refractivity contribution in [2.75, 3.05) is 39.4 Å². The molecule has 1 aliphatic heterocycles. The van der Waals surface area contributed by atoms with E-state index in [4.69, 9.17) is 22.9 Å². The van der Waals surface area contributed by atoms with E-state index < -0.39 is 164 Å². The Morgan fingerprint density at radius 1 is 0.671 bits per heavy atom. The molecule has 70 heavy (non-hydrogen) atoms. The van der Waals surface area contributed by atoms with Crippen molar-refractivity contribution in [3.63, 3.8) is 0 Å². The predicted octanol–water partition coefficient (Wildman–Crippen LogP) is -8.08. The van der Waals surface area contributed by atoms with E-state index in [1.165, 1.54) is 6.92 Å². The lowest BCUT2D eigenvalue weighted by Crippen LogP contribution is -2.61. The second-order valence-electron chi connectivity index (χ2n) is 16.8. The lowest BCUT2D eigenvalue weighted by molar-refractivity contribution is -0.143. The normalized spacial score (nSPS) is 17.4. The Bertz CT molecular complexity index is 1880. The molecule has 20 N–H and O–H groups in total. The van der Waals surface area contributed by atoms with Gasteiger partial charge in [-0.3, -0.25) is 52.9 Å². The van der Waals surface area contributed by atoms with Crippen molar-refractivity contribution in [3.8, 4) is 0 Å². The number of aliphatic hydroxyl groups excluding tert-OH is 3. The minimum absolute atomic E-state index is 0.00122. The first-order valence-electron chi connectivity index (χ1n) is 22.7. The third kappa shape index (κ3) is 20.1. The fourth-order valence-corrected chi connectivity index (χ4v) is 6.92. The van der Waals surface area contributed by atoms with Crippen molar-refractivity contribution in [1.82, 2.24) is 47.4 Å². The van der Waals surface area contributed by atoms with Gasteiger partial charge in [-0.05, 0) is 44.4 Å². The van der Waals surface area contributed by atoms with Gasteiger partial charge in [0.05, 0.1) is 38.8 Å². The molecule has 0 unspecified atom stereocenters. The number of carbonyl (C=O) groups is 11. The van der Waals surface area contributed by atoms with Gasteiger partial charge in [0.15, 0.2) is 5.96 Å². The predicted molar refractivity (Wildman–Crippen MR) is 246 cm³/mol. The van der Waals surface area contributed by atoms with Crippen LogP contribution >= 0.6 is 0 Å². The van der Waals surface area contributed by atoms with E-state index in [1.807, 2.05) is 0 Å². The average molecular weight is 1000 g/mol. The van der Waals surface area contributed by atoms with Crippen LogP contribution in [0.3, 0.4) is 0 Å². The summed E-state index contributed by atoms with van der Waals surface area (Å²) in [5.74, 6) is -12.3. The van der Waals surface area contributed by atoms with Crippen molar-refractivity contribution in [3.05, 3.63) is 0 Å². The fourth-order valence-electron chi connectivity index (χ4n) is 6.92. The lowest BCUT2D eigenvalue weighted by atomic mass is 9.94. The van der Waals surface area contributed by atoms with E-state index in [1.54, 1.807) is 27.7 Å². The number of carboxylic acids is 1. The molecule has 0 aliphatic carbocycles. The van der Waals surface area contributed by atoms with Gasteiger partial charge in [-0.15, -0.1) is 0 Å². The number of guanidine groups is 1. The van der Waals surface area contributed by atoms with E-state index in [0.717, 1.165) is 4.90 Å². The van der Waals surface area contributed by atoms with Gasteiger partial charge in [0.25, 0.3) is 0 Å². The number of amides is 10. The Labute approximate surface area is 404 Å². The highest BCUT2D eigenvalue weighted by atomic mass is 16.4. The standard InChI is InChI=1S/C41H72N14O15/c1-6-19(3)30(36(65)50-23(14-27(43)59)34(63)49-22(40(69)70)10-8-12-46-41(44)45)54-37(66)31(20(4)7-2)53-35(64)26-11-9-13-55(26)39(68)25(18-57)48-29(61)16-47-33(62)24(17-56)51-38(67)32(21(5)58)52-28(60)15-42/h19-26,30-32,56-58H,6-18,42H2,1-5H3,(H2,43,59)(H,47,62)(H,48,61)(H,49,63)(H,50,65)(H,51,67)(H,52,60)(H,53,64)(H,54,66)(H,69,70)(H4,44,45,46)/t19-,20-,21+,22-,23-,24-,25-,26-,30-,31-,32-/m0/s1. The Kier molecular flexibility index (Phi) is 26.9. The van der Waals surface area contributed by atoms with Crippen molar-refractivity contribution in [1.29, 1.82) is 0 Å². The van der Waals surface area contributed by atoms with E-state index >= 15 is 0 Å². The van der Waals surface area contributed by atoms with Crippen LogP contribution in [0, 0.1) is 11.8 Å². The Balaban J connectivity index is 3.15. The summed E-state index contributed by atoms with van der Waals surface area (Å²) in [6, 6.07) is -11.8. The van der Waals surface area contributed by atoms with Crippen molar-refractivity contribution >= 4 is 71.0 Å². The number of nitrogens with two attached hydrogens (primary N) is 4. The van der Waals surface area contributed by atoms with Gasteiger partial charge in [-0.25, -0.2) is 4.79 Å². The van der Waals surface area contributed by atoms with Gasteiger partial charge < -0.3 is 90.8 Å². The number of aliphatic imine (C=N–C) groups is 1. The van der Waals surface area contributed by atoms with Crippen LogP contribution in [0.4, 0.5) is 0 Å². The molecule has 0 aromatic rings. The van der Waals surface area contributed by atoms with Crippen LogP contribution in [0.1, 0.15) is 79.6 Å². The van der Waals surface area contributed by atoms with Crippen LogP contribution in [-0.4, -0.2) is 190 Å². The van der Waals surface area contributed by atoms with Crippen LogP contribution in [0.2, 0.25) is 0 Å². The molecular formula is C41H72N14O15. The fraction of sp³-hybridized carbons (Fsp3) is 0.707. The van der Waals surface area contributed by atoms with Gasteiger partial charge in [0.1, 0.15) is 48.3 Å². The minimum Gasteiger partial charge on any atom is -0.480 e. The Hall–Kier alpha value is -6.72. The summed E-state index contributed by atoms with van der Waals surface area (Å²) in [6.07, 6.45) is -1.10. The number of nitrogens with one attached hydrogen (secondary N) is 8. The first-order valence-corrected chi connectivity index (χ1v) is 22.7. The van der Waals surface area contributed by atoms with E-state index in [0.29, 0.717) is 19.3 Å². The monoisotopic (exact) mass is 1000 g/mol. The van der Waals surface area contributed by atoms with E-state index in [2.05, 4.69) is 47.5 Å². The zero-order chi connectivity index (χ0) is 53.4. The average Bonchev–Trinajstić information content (AvgIpc) is 3.81. The largest absolute Gasteiger partial charge is 0.480 e. The lowest BCUT2D eigenvalue weighted by Gasteiger charge is -2.32. The molecule has 11 atom stereocenters. The molecule has 0 radical (unpaired) electrons. The maximum atomic E-state index is 14.0. The van der Waals surface area contributed by atoms with Crippen molar-refractivity contribution in [2.24, 2.45) is 39.8 Å². The molecule has 1 fully saturated rings. The molecule has 0 aromatic heterocycles. The highest BCUT2D eigenvalue weighted by Crippen LogP contribution is 2.20. The minimum atomic E-state index is -1.66. The summed E-state index contributed by atoms with van der Waals surface area (Å²) in [5.41, 5.74) is 21.2. The third-order valence-corrected chi connectivity index (χ3v) is 11.3. The van der Waals surface area contributed by atoms with Gasteiger partial charge in [-0.2, -0.15) is 0 Å². The second-order valence-corrected chi connectivity index (χ2v) is 16.8. The first-order chi connectivity index (χ1) is 32.9. The number of rotatable bonds is 31. The molecule has 10 amide bonds. The number of aliphatic carboxylic acids is 1. The van der Waals surface area contributed by atoms with Crippen LogP contribution < -0.4 is 65.5 Å². The highest BCUT2D eigenvalue weighted by Gasteiger charge is 2.41. The number of aliphatic hydroxyl groups is 3. The number of primary amides is 1. The molecule has 0 spiro atoms. The number of hydrogen-bond acceptors (Lipinski definition) is 16. The summed E-state index contributed by atoms with van der Waals surface area (Å²) < 4.78 is 0. The highest BCUT2D eigenvalue weighted by molar-refractivity contribution is 5.99. The molecule has 29 heteroatoms. The van der Waals surface area contributed by atoms with Crippen LogP contribution in [0.15, 0.2) is 4.99 Å². The summed E-state index contributed by atoms with van der Waals surface area (Å²) >= 11 is 0. The summed E-state index contributed by atoms with van der Waals surface area (Å²) in [6.45, 7) is 4.68. The number of hydrogen-bond donors (Lipinski definition) is 16. The maximum Gasteiger partial charge on any atom is 0.326 e. The van der Waals surface area contributed by atoms with E-state index in [-0.39, 0.29) is 38.3 Å². The molecule has 1 heterocycles. The number of carbonyl (C=O) groups excluding carboxylic acids is 10. The zero-order valence-corrected chi connectivity index (χ0v) is 40.0. The number of carboxylic acid groups (broad SMARTS) is 1. The topological polar surface area (TPSA) is 485 Å². The summed E-state index contributed by atoms with van der Waals surface area (Å²) in [5, 5.41) is 58.1. The van der Waals surface area contributed by atoms with Gasteiger partial charge in [0, 0.05) is 13.1 Å². The van der Waals surface area contributed by atoms with Crippen LogP contribution in [-0.2, 0) is 52.7 Å². The maximum absolute atomic E-state index is 14.0. The molecule has 1 saturated heterocycles. The van der Waals surface area contributed by atoms with Gasteiger partial charge in [-0.1, -0.05) is 40.5 Å². The molecule has 29 nitrogen and oxygen atoms in total. The Morgan fingerprint density at radius 2 is 1.21 bits per heavy atom. The SMILES string of the molecule is CC[C@H](C)[C@H](NC(=O)[C@@H](NC(=O)[C@@H]1CCCN1C(=O)[C@H](CO)NC(=O)CNC(=O)[C@H](CO)NC(=O)[C@@H](NC(=O)CN)[C@@H](C)O)[C@@H](C)CC)C(=O)N[C@@H](CC(N)=O)C(=O)N[C@@H](CCCN=C(N)N)C(=O)O. The van der Waals surface area contributed by atoms with E-state index in [9.17, 15) is 73.2 Å². The third-order valence-electron chi connectivity index (χ3n) is 11.3. The molecular weight excluding hydrogens is 929 g/mol.